The second-order valence-corrected chi connectivity index (χ2v) is 6.97. The van der Waals surface area contributed by atoms with Crippen molar-refractivity contribution in [1.82, 2.24) is 0 Å². The zero-order valence-electron chi connectivity index (χ0n) is 14.8. The molecule has 7 nitrogen and oxygen atoms in total. The summed E-state index contributed by atoms with van der Waals surface area (Å²) in [5.41, 5.74) is 1.23. The van der Waals surface area contributed by atoms with Gasteiger partial charge in [0.15, 0.2) is 0 Å². The van der Waals surface area contributed by atoms with Crippen LogP contribution in [0.1, 0.15) is 42.9 Å². The first-order valence-corrected chi connectivity index (χ1v) is 9.42. The van der Waals surface area contributed by atoms with Gasteiger partial charge < -0.3 is 14.8 Å². The number of thiophene rings is 1. The maximum absolute atomic E-state index is 12.5. The highest BCUT2D eigenvalue weighted by molar-refractivity contribution is 8.04. The molecule has 0 atom stereocenters. The smallest absolute Gasteiger partial charge is 0.348 e. The zero-order chi connectivity index (χ0) is 20.0. The molecule has 2 rings (SSSR count). The molecule has 0 radical (unpaired) electrons. The minimum absolute atomic E-state index is 0.227. The van der Waals surface area contributed by atoms with Gasteiger partial charge in [-0.1, -0.05) is 0 Å². The van der Waals surface area contributed by atoms with Gasteiger partial charge in [0.1, 0.15) is 15.3 Å². The fourth-order valence-corrected chi connectivity index (χ4v) is 3.99. The van der Waals surface area contributed by atoms with Gasteiger partial charge in [-0.2, -0.15) is 5.26 Å². The minimum Gasteiger partial charge on any atom is -0.465 e. The largest absolute Gasteiger partial charge is 0.465 e. The Morgan fingerprint density at radius 2 is 1.81 bits per heavy atom. The number of nitrogens with zero attached hydrogens (tertiary/aromatic N) is 1. The highest BCUT2D eigenvalue weighted by Gasteiger charge is 2.23. The Balaban J connectivity index is 2.28. The summed E-state index contributed by atoms with van der Waals surface area (Å²) in [6.07, 6.45) is 0. The summed E-state index contributed by atoms with van der Waals surface area (Å²) in [4.78, 5) is 36.9. The van der Waals surface area contributed by atoms with E-state index in [0.29, 0.717) is 31.5 Å². The quantitative estimate of drug-likeness (QED) is 0.443. The zero-order valence-corrected chi connectivity index (χ0v) is 16.5. The van der Waals surface area contributed by atoms with Crippen molar-refractivity contribution in [2.75, 3.05) is 19.0 Å². The molecule has 0 fully saturated rings. The number of thiocyanates is 1. The van der Waals surface area contributed by atoms with Gasteiger partial charge in [-0.25, -0.2) is 9.59 Å². The number of nitrogens with one attached hydrogen (secondary N) is 1. The number of hydrogen-bond acceptors (Lipinski definition) is 8. The van der Waals surface area contributed by atoms with Gasteiger partial charge >= 0.3 is 11.9 Å². The Kier molecular flexibility index (Phi) is 6.98. The van der Waals surface area contributed by atoms with Crippen LogP contribution in [0.25, 0.3) is 0 Å². The molecule has 0 unspecified atom stereocenters. The number of methoxy groups -OCH3 is 1. The Morgan fingerprint density at radius 1 is 1.19 bits per heavy atom. The van der Waals surface area contributed by atoms with Crippen LogP contribution in [0.3, 0.4) is 0 Å². The molecular weight excluding hydrogens is 388 g/mol. The number of nitriles is 1. The van der Waals surface area contributed by atoms with Crippen molar-refractivity contribution >= 4 is 45.9 Å². The number of esters is 2. The van der Waals surface area contributed by atoms with Crippen molar-refractivity contribution < 1.29 is 23.9 Å². The normalized spacial score (nSPS) is 10.0. The summed E-state index contributed by atoms with van der Waals surface area (Å²) in [6.45, 7) is 3.63. The van der Waals surface area contributed by atoms with Crippen LogP contribution in [-0.2, 0) is 9.47 Å². The van der Waals surface area contributed by atoms with E-state index in [2.05, 4.69) is 10.1 Å². The van der Waals surface area contributed by atoms with E-state index in [-0.39, 0.29) is 6.61 Å². The topological polar surface area (TPSA) is 105 Å². The third-order valence-electron chi connectivity index (χ3n) is 3.50. The maximum Gasteiger partial charge on any atom is 0.348 e. The number of thioether (sulfide) groups is 1. The summed E-state index contributed by atoms with van der Waals surface area (Å²) in [7, 11) is 1.28. The molecule has 2 aromatic rings. The van der Waals surface area contributed by atoms with Crippen molar-refractivity contribution in [1.29, 1.82) is 5.26 Å². The molecule has 0 aliphatic carbocycles. The Hall–Kier alpha value is -2.83. The van der Waals surface area contributed by atoms with Crippen molar-refractivity contribution in [3.8, 4) is 5.40 Å². The summed E-state index contributed by atoms with van der Waals surface area (Å²) in [5.74, 6) is -1.42. The van der Waals surface area contributed by atoms with Gasteiger partial charge in [-0.05, 0) is 55.4 Å². The number of anilines is 1. The highest BCUT2D eigenvalue weighted by atomic mass is 32.2. The average molecular weight is 404 g/mol. The monoisotopic (exact) mass is 404 g/mol. The molecule has 1 aromatic carbocycles. The fraction of sp³-hybridized carbons (Fsp3) is 0.222. The predicted octanol–water partition coefficient (Wildman–Crippen LogP) is 3.85. The molecule has 0 saturated heterocycles. The molecule has 27 heavy (non-hydrogen) atoms. The van der Waals surface area contributed by atoms with E-state index < -0.39 is 17.8 Å². The van der Waals surface area contributed by atoms with Crippen LogP contribution in [0, 0.1) is 17.6 Å². The molecular formula is C18H16N2O5S2. The lowest BCUT2D eigenvalue weighted by Crippen LogP contribution is -2.12. The lowest BCUT2D eigenvalue weighted by Gasteiger charge is -2.05. The van der Waals surface area contributed by atoms with Gasteiger partial charge in [-0.3, -0.25) is 4.79 Å². The number of rotatable bonds is 6. The highest BCUT2D eigenvalue weighted by Crippen LogP contribution is 2.40. The van der Waals surface area contributed by atoms with E-state index in [1.807, 2.05) is 5.40 Å². The molecule has 0 bridgehead atoms. The van der Waals surface area contributed by atoms with E-state index >= 15 is 0 Å². The molecule has 1 N–H and O–H groups in total. The summed E-state index contributed by atoms with van der Waals surface area (Å²) >= 11 is 1.92. The second kappa shape index (κ2) is 9.21. The van der Waals surface area contributed by atoms with Crippen LogP contribution < -0.4 is 5.32 Å². The van der Waals surface area contributed by atoms with Gasteiger partial charge in [0, 0.05) is 5.56 Å². The van der Waals surface area contributed by atoms with E-state index in [4.69, 9.17) is 10.00 Å². The maximum atomic E-state index is 12.5. The van der Waals surface area contributed by atoms with Crippen LogP contribution in [0.5, 0.6) is 0 Å². The molecule has 1 amide bonds. The number of ether oxygens (including phenoxy) is 2. The number of hydrogen-bond donors (Lipinski definition) is 1. The first-order valence-electron chi connectivity index (χ1n) is 7.79. The third-order valence-corrected chi connectivity index (χ3v) is 5.62. The SMILES string of the molecule is CCOC(=O)c1sc(NC(=O)c2ccc(C(=O)OC)cc2)c(SC#N)c1C. The van der Waals surface area contributed by atoms with Gasteiger partial charge in [-0.15, -0.1) is 11.3 Å². The Bertz CT molecular complexity index is 913. The number of carbonyl (C=O) groups excluding carboxylic acids is 3. The lowest BCUT2D eigenvalue weighted by molar-refractivity contribution is 0.0530. The van der Waals surface area contributed by atoms with Crippen molar-refractivity contribution in [2.24, 2.45) is 0 Å². The number of amides is 1. The summed E-state index contributed by atoms with van der Waals surface area (Å²) in [5, 5.41) is 14.1. The molecule has 0 aliphatic heterocycles. The molecule has 1 heterocycles. The van der Waals surface area contributed by atoms with Crippen molar-refractivity contribution in [2.45, 2.75) is 18.7 Å². The van der Waals surface area contributed by atoms with Crippen LogP contribution in [0.2, 0.25) is 0 Å². The van der Waals surface area contributed by atoms with E-state index in [0.717, 1.165) is 23.1 Å². The first kappa shape index (κ1) is 20.5. The Morgan fingerprint density at radius 3 is 2.37 bits per heavy atom. The molecule has 0 spiro atoms. The van der Waals surface area contributed by atoms with E-state index in [1.165, 1.54) is 31.4 Å². The fourth-order valence-electron chi connectivity index (χ4n) is 2.19. The third kappa shape index (κ3) is 4.67. The predicted molar refractivity (Wildman–Crippen MR) is 102 cm³/mol. The van der Waals surface area contributed by atoms with Crippen LogP contribution >= 0.6 is 23.1 Å². The summed E-state index contributed by atoms with van der Waals surface area (Å²) < 4.78 is 9.63. The van der Waals surface area contributed by atoms with Gasteiger partial charge in [0.25, 0.3) is 5.91 Å². The molecule has 1 aromatic heterocycles. The first-order chi connectivity index (χ1) is 12.9. The van der Waals surface area contributed by atoms with Gasteiger partial charge in [0.2, 0.25) is 0 Å². The minimum atomic E-state index is -0.498. The Labute approximate surface area is 164 Å². The van der Waals surface area contributed by atoms with Crippen molar-refractivity contribution in [3.05, 3.63) is 45.8 Å². The lowest BCUT2D eigenvalue weighted by atomic mass is 10.1. The average Bonchev–Trinajstić information content (AvgIpc) is 2.97. The van der Waals surface area contributed by atoms with Crippen LogP contribution in [0.4, 0.5) is 5.00 Å². The van der Waals surface area contributed by atoms with Crippen LogP contribution in [0.15, 0.2) is 29.2 Å². The number of carbonyl (C=O) groups is 3. The van der Waals surface area contributed by atoms with Crippen molar-refractivity contribution in [3.63, 3.8) is 0 Å². The molecule has 0 saturated carbocycles. The molecule has 140 valence electrons. The van der Waals surface area contributed by atoms with E-state index in [9.17, 15) is 14.4 Å². The molecule has 9 heteroatoms. The number of benzene rings is 1. The van der Waals surface area contributed by atoms with E-state index in [1.54, 1.807) is 13.8 Å². The molecule has 0 aliphatic rings. The van der Waals surface area contributed by atoms with Crippen LogP contribution in [-0.4, -0.2) is 31.6 Å². The van der Waals surface area contributed by atoms with Gasteiger partial charge in [0.05, 0.1) is 24.2 Å². The standard InChI is InChI=1S/C18H16N2O5S2/c1-4-25-18(23)14-10(2)13(26-9-19)16(27-14)20-15(21)11-5-7-12(8-6-11)17(22)24-3/h5-8H,4H2,1-3H3,(H,20,21). The summed E-state index contributed by atoms with van der Waals surface area (Å²) in [6, 6.07) is 5.95. The second-order valence-electron chi connectivity index (χ2n) is 5.15.